The van der Waals surface area contributed by atoms with Gasteiger partial charge >= 0.3 is 5.97 Å². The summed E-state index contributed by atoms with van der Waals surface area (Å²) in [6.07, 6.45) is 1.81. The lowest BCUT2D eigenvalue weighted by Gasteiger charge is -2.22. The molecular weight excluding hydrogens is 416 g/mol. The number of hydrogen-bond acceptors (Lipinski definition) is 6. The number of thioether (sulfide) groups is 1. The van der Waals surface area contributed by atoms with Crippen molar-refractivity contribution < 1.29 is 23.5 Å². The van der Waals surface area contributed by atoms with Gasteiger partial charge < -0.3 is 19.4 Å². The van der Waals surface area contributed by atoms with E-state index in [1.165, 1.54) is 12.0 Å². The molecule has 1 aliphatic heterocycles. The van der Waals surface area contributed by atoms with Crippen LogP contribution in [0.1, 0.15) is 27.8 Å². The number of para-hydroxylation sites is 1. The number of benzene rings is 2. The summed E-state index contributed by atoms with van der Waals surface area (Å²) in [4.78, 5) is 39.7. The van der Waals surface area contributed by atoms with Gasteiger partial charge in [0.25, 0.3) is 0 Å². The summed E-state index contributed by atoms with van der Waals surface area (Å²) in [5.41, 5.74) is 1.61. The van der Waals surface area contributed by atoms with Crippen LogP contribution in [0.5, 0.6) is 0 Å². The molecule has 0 aliphatic carbocycles. The zero-order valence-electron chi connectivity index (χ0n) is 16.7. The van der Waals surface area contributed by atoms with Crippen molar-refractivity contribution in [3.8, 4) is 0 Å². The van der Waals surface area contributed by atoms with Gasteiger partial charge in [-0.05, 0) is 48.5 Å². The molecule has 0 saturated carbocycles. The molecule has 0 radical (unpaired) electrons. The molecule has 0 spiro atoms. The zero-order chi connectivity index (χ0) is 21.8. The second-order valence-electron chi connectivity index (χ2n) is 6.89. The maximum Gasteiger partial charge on any atom is 0.337 e. The highest BCUT2D eigenvalue weighted by atomic mass is 32.2. The fourth-order valence-corrected chi connectivity index (χ4v) is 4.57. The second kappa shape index (κ2) is 9.09. The average molecular weight is 436 g/mol. The van der Waals surface area contributed by atoms with Gasteiger partial charge in [-0.3, -0.25) is 9.59 Å². The first kappa shape index (κ1) is 20.7. The Morgan fingerprint density at radius 1 is 1.13 bits per heavy atom. The summed E-state index contributed by atoms with van der Waals surface area (Å²) < 4.78 is 10.2. The van der Waals surface area contributed by atoms with Crippen molar-refractivity contribution in [1.82, 2.24) is 0 Å². The predicted octanol–water partition coefficient (Wildman–Crippen LogP) is 4.28. The van der Waals surface area contributed by atoms with Crippen molar-refractivity contribution in [3.05, 3.63) is 78.3 Å². The summed E-state index contributed by atoms with van der Waals surface area (Å²) in [5, 5.41) is 2.61. The van der Waals surface area contributed by atoms with E-state index in [0.29, 0.717) is 16.9 Å². The smallest absolute Gasteiger partial charge is 0.337 e. The third-order valence-corrected chi connectivity index (χ3v) is 6.12. The maximum absolute atomic E-state index is 13.1. The molecule has 1 atom stereocenters. The van der Waals surface area contributed by atoms with Gasteiger partial charge in [-0.25, -0.2) is 4.79 Å². The Morgan fingerprint density at radius 2 is 1.90 bits per heavy atom. The van der Waals surface area contributed by atoms with Crippen LogP contribution in [0.4, 0.5) is 11.4 Å². The van der Waals surface area contributed by atoms with Crippen LogP contribution >= 0.6 is 11.8 Å². The summed E-state index contributed by atoms with van der Waals surface area (Å²) in [6, 6.07) is 17.5. The van der Waals surface area contributed by atoms with E-state index < -0.39 is 5.97 Å². The van der Waals surface area contributed by atoms with Crippen LogP contribution in [0.2, 0.25) is 0 Å². The van der Waals surface area contributed by atoms with E-state index in [1.807, 2.05) is 30.3 Å². The SMILES string of the molecule is COC(=O)c1ccc(NC(=O)CN2C(=O)C[C@@H](c3ccco3)Sc3ccccc32)cc1. The molecule has 4 rings (SSSR count). The van der Waals surface area contributed by atoms with Crippen LogP contribution in [-0.2, 0) is 14.3 Å². The fourth-order valence-electron chi connectivity index (χ4n) is 3.34. The summed E-state index contributed by atoms with van der Waals surface area (Å²) in [7, 11) is 1.31. The molecule has 8 heteroatoms. The molecule has 0 fully saturated rings. The first-order chi connectivity index (χ1) is 15.0. The van der Waals surface area contributed by atoms with Crippen molar-refractivity contribution in [2.75, 3.05) is 23.9 Å². The van der Waals surface area contributed by atoms with Crippen molar-refractivity contribution in [3.63, 3.8) is 0 Å². The van der Waals surface area contributed by atoms with Gasteiger partial charge in [-0.15, -0.1) is 11.8 Å². The van der Waals surface area contributed by atoms with Crippen LogP contribution in [0.3, 0.4) is 0 Å². The van der Waals surface area contributed by atoms with Crippen molar-refractivity contribution in [2.24, 2.45) is 0 Å². The molecule has 3 aromatic rings. The Morgan fingerprint density at radius 3 is 2.61 bits per heavy atom. The molecule has 2 amide bonds. The molecule has 158 valence electrons. The third kappa shape index (κ3) is 4.64. The molecule has 1 N–H and O–H groups in total. The van der Waals surface area contributed by atoms with Gasteiger partial charge in [0, 0.05) is 17.0 Å². The number of amides is 2. The molecule has 1 aromatic heterocycles. The summed E-state index contributed by atoms with van der Waals surface area (Å²) in [5.74, 6) is -0.219. The van der Waals surface area contributed by atoms with Gasteiger partial charge in [0.1, 0.15) is 12.3 Å². The molecule has 2 aromatic carbocycles. The van der Waals surface area contributed by atoms with E-state index in [1.54, 1.807) is 48.4 Å². The number of methoxy groups -OCH3 is 1. The second-order valence-corrected chi connectivity index (χ2v) is 8.14. The van der Waals surface area contributed by atoms with Gasteiger partial charge in [-0.1, -0.05) is 12.1 Å². The molecule has 2 heterocycles. The predicted molar refractivity (Wildman–Crippen MR) is 117 cm³/mol. The van der Waals surface area contributed by atoms with Crippen molar-refractivity contribution >= 4 is 40.9 Å². The number of rotatable bonds is 5. The van der Waals surface area contributed by atoms with Crippen LogP contribution in [0.15, 0.2) is 76.2 Å². The molecule has 31 heavy (non-hydrogen) atoms. The molecular formula is C23H20N2O5S. The lowest BCUT2D eigenvalue weighted by molar-refractivity contribution is -0.121. The van der Waals surface area contributed by atoms with Crippen LogP contribution in [0.25, 0.3) is 0 Å². The number of nitrogens with zero attached hydrogens (tertiary/aromatic N) is 1. The van der Waals surface area contributed by atoms with E-state index in [4.69, 9.17) is 4.42 Å². The summed E-state index contributed by atoms with van der Waals surface area (Å²) >= 11 is 1.55. The first-order valence-corrected chi connectivity index (χ1v) is 10.5. The maximum atomic E-state index is 13.1. The minimum absolute atomic E-state index is 0.125. The van der Waals surface area contributed by atoms with E-state index >= 15 is 0 Å². The van der Waals surface area contributed by atoms with E-state index in [0.717, 1.165) is 10.7 Å². The number of ether oxygens (including phenoxy) is 1. The number of carbonyl (C=O) groups is 3. The number of furan rings is 1. The highest BCUT2D eigenvalue weighted by Crippen LogP contribution is 2.45. The van der Waals surface area contributed by atoms with E-state index in [-0.39, 0.29) is 30.0 Å². The molecule has 0 unspecified atom stereocenters. The highest BCUT2D eigenvalue weighted by molar-refractivity contribution is 7.99. The number of fused-ring (bicyclic) bond motifs is 1. The quantitative estimate of drug-likeness (QED) is 0.601. The first-order valence-electron chi connectivity index (χ1n) is 9.63. The normalized spacial score (nSPS) is 15.7. The third-order valence-electron chi connectivity index (χ3n) is 4.84. The zero-order valence-corrected chi connectivity index (χ0v) is 17.6. The average Bonchev–Trinajstić information content (AvgIpc) is 3.28. The van der Waals surface area contributed by atoms with Crippen molar-refractivity contribution in [2.45, 2.75) is 16.6 Å². The van der Waals surface area contributed by atoms with Gasteiger partial charge in [0.05, 0.1) is 29.9 Å². The Balaban J connectivity index is 1.51. The fraction of sp³-hybridized carbons (Fsp3) is 0.174. The van der Waals surface area contributed by atoms with Crippen molar-refractivity contribution in [1.29, 1.82) is 0 Å². The lowest BCUT2D eigenvalue weighted by atomic mass is 10.2. The topological polar surface area (TPSA) is 88.9 Å². The van der Waals surface area contributed by atoms with Gasteiger partial charge in [0.2, 0.25) is 11.8 Å². The van der Waals surface area contributed by atoms with E-state index in [9.17, 15) is 14.4 Å². The molecule has 1 aliphatic rings. The largest absolute Gasteiger partial charge is 0.468 e. The minimum atomic E-state index is -0.451. The lowest BCUT2D eigenvalue weighted by Crippen LogP contribution is -2.38. The minimum Gasteiger partial charge on any atom is -0.468 e. The number of hydrogen-bond donors (Lipinski definition) is 1. The Labute approximate surface area is 183 Å². The highest BCUT2D eigenvalue weighted by Gasteiger charge is 2.31. The van der Waals surface area contributed by atoms with E-state index in [2.05, 4.69) is 10.1 Å². The van der Waals surface area contributed by atoms with Crippen LogP contribution < -0.4 is 10.2 Å². The number of nitrogens with one attached hydrogen (secondary N) is 1. The molecule has 0 saturated heterocycles. The van der Waals surface area contributed by atoms with Crippen LogP contribution in [0, 0.1) is 0 Å². The Bertz CT molecular complexity index is 1100. The van der Waals surface area contributed by atoms with Crippen LogP contribution in [-0.4, -0.2) is 31.4 Å². The number of anilines is 2. The Hall–Kier alpha value is -3.52. The monoisotopic (exact) mass is 436 g/mol. The van der Waals surface area contributed by atoms with Gasteiger partial charge in [-0.2, -0.15) is 0 Å². The standard InChI is InChI=1S/C23H20N2O5S/c1-29-23(28)15-8-10-16(11-9-15)24-21(26)14-25-17-5-2-3-7-19(17)31-20(13-22(25)27)18-6-4-12-30-18/h2-12,20H,13-14H2,1H3,(H,24,26)/t20-/m0/s1. The van der Waals surface area contributed by atoms with Gasteiger partial charge in [0.15, 0.2) is 0 Å². The number of carbonyl (C=O) groups excluding carboxylic acids is 3. The Kier molecular flexibility index (Phi) is 6.08. The molecule has 7 nitrogen and oxygen atoms in total. The number of esters is 1. The molecule has 0 bridgehead atoms. The summed E-state index contributed by atoms with van der Waals surface area (Å²) in [6.45, 7) is -0.125.